The summed E-state index contributed by atoms with van der Waals surface area (Å²) in [5.41, 5.74) is -0.626. The van der Waals surface area contributed by atoms with Gasteiger partial charge in [0.1, 0.15) is 18.0 Å². The van der Waals surface area contributed by atoms with E-state index in [1.807, 2.05) is 13.8 Å². The molecule has 6 nitrogen and oxygen atoms in total. The van der Waals surface area contributed by atoms with Crippen LogP contribution in [0.5, 0.6) is 0 Å². The highest BCUT2D eigenvalue weighted by Gasteiger charge is 2.66. The molecule has 7 atom stereocenters. The van der Waals surface area contributed by atoms with Crippen LogP contribution in [0.2, 0.25) is 0 Å². The van der Waals surface area contributed by atoms with Gasteiger partial charge in [-0.1, -0.05) is 13.5 Å². The molecule has 0 aromatic carbocycles. The second-order valence-electron chi connectivity index (χ2n) is 7.67. The van der Waals surface area contributed by atoms with Crippen molar-refractivity contribution in [1.82, 2.24) is 0 Å². The molecule has 0 N–H and O–H groups in total. The van der Waals surface area contributed by atoms with Gasteiger partial charge in [-0.15, -0.1) is 0 Å². The average molecular weight is 350 g/mol. The Morgan fingerprint density at radius 3 is 2.68 bits per heavy atom. The molecule has 1 heterocycles. The van der Waals surface area contributed by atoms with Crippen LogP contribution in [0.4, 0.5) is 0 Å². The van der Waals surface area contributed by atoms with E-state index in [0.29, 0.717) is 19.4 Å². The fraction of sp³-hybridized carbons (Fsp3) is 0.737. The number of carbonyl (C=O) groups is 3. The van der Waals surface area contributed by atoms with E-state index in [0.717, 1.165) is 0 Å². The molecule has 2 saturated carbocycles. The van der Waals surface area contributed by atoms with Crippen molar-refractivity contribution in [3.8, 4) is 0 Å². The first-order valence-electron chi connectivity index (χ1n) is 8.93. The summed E-state index contributed by atoms with van der Waals surface area (Å²) in [4.78, 5) is 36.9. The molecule has 3 rings (SSSR count). The van der Waals surface area contributed by atoms with E-state index in [9.17, 15) is 14.4 Å². The second kappa shape index (κ2) is 6.24. The van der Waals surface area contributed by atoms with Gasteiger partial charge in [-0.05, 0) is 26.2 Å². The van der Waals surface area contributed by atoms with Crippen LogP contribution < -0.4 is 0 Å². The normalized spacial score (nSPS) is 43.3. The molecule has 1 saturated heterocycles. The summed E-state index contributed by atoms with van der Waals surface area (Å²) in [5, 5.41) is 0. The predicted molar refractivity (Wildman–Crippen MR) is 88.5 cm³/mol. The number of ether oxygens (including phenoxy) is 3. The number of rotatable bonds is 3. The molecule has 0 bridgehead atoms. The van der Waals surface area contributed by atoms with Gasteiger partial charge in [0, 0.05) is 31.4 Å². The fourth-order valence-electron chi connectivity index (χ4n) is 5.26. The van der Waals surface area contributed by atoms with Crippen molar-refractivity contribution in [3.05, 3.63) is 12.2 Å². The fourth-order valence-corrected chi connectivity index (χ4v) is 5.26. The van der Waals surface area contributed by atoms with Crippen LogP contribution in [-0.4, -0.2) is 42.6 Å². The zero-order valence-electron chi connectivity index (χ0n) is 15.2. The van der Waals surface area contributed by atoms with E-state index in [-0.39, 0.29) is 29.3 Å². The molecule has 6 heteroatoms. The molecule has 0 aromatic heterocycles. The number of Topliss-reactive ketones (excluding diaryl/α,β-unsaturated/α-hetero) is 1. The van der Waals surface area contributed by atoms with Crippen molar-refractivity contribution in [2.75, 3.05) is 6.61 Å². The van der Waals surface area contributed by atoms with Crippen LogP contribution in [-0.2, 0) is 28.6 Å². The molecule has 25 heavy (non-hydrogen) atoms. The summed E-state index contributed by atoms with van der Waals surface area (Å²) in [5.74, 6) is -1.42. The zero-order chi connectivity index (χ0) is 18.5. The maximum Gasteiger partial charge on any atom is 0.334 e. The number of hydrogen-bond donors (Lipinski definition) is 0. The third-order valence-electron chi connectivity index (χ3n) is 6.21. The number of fused-ring (bicyclic) bond motifs is 2. The lowest BCUT2D eigenvalue weighted by atomic mass is 9.67. The van der Waals surface area contributed by atoms with Crippen molar-refractivity contribution in [1.29, 1.82) is 0 Å². The number of ketones is 1. The van der Waals surface area contributed by atoms with Crippen molar-refractivity contribution >= 4 is 17.7 Å². The Balaban J connectivity index is 2.11. The molecule has 1 aliphatic heterocycles. The SMILES string of the molecule is C=C1C(=O)O[C@@H]2C[C@@H](C)[C@@H]3[C@H](OCC)CC(=O)[C@@]3(C)[C@@H](OC(C)=O)[C@H]12. The maximum absolute atomic E-state index is 13.1. The topological polar surface area (TPSA) is 78.9 Å². The third-order valence-corrected chi connectivity index (χ3v) is 6.21. The lowest BCUT2D eigenvalue weighted by molar-refractivity contribution is -0.164. The van der Waals surface area contributed by atoms with Gasteiger partial charge >= 0.3 is 11.9 Å². The minimum absolute atomic E-state index is 0.0156. The highest BCUT2D eigenvalue weighted by atomic mass is 16.6. The van der Waals surface area contributed by atoms with E-state index in [1.165, 1.54) is 6.92 Å². The molecular weight excluding hydrogens is 324 g/mol. The van der Waals surface area contributed by atoms with Crippen LogP contribution in [0.15, 0.2) is 12.2 Å². The van der Waals surface area contributed by atoms with Crippen molar-refractivity contribution < 1.29 is 28.6 Å². The third kappa shape index (κ3) is 2.62. The Morgan fingerprint density at radius 1 is 1.40 bits per heavy atom. The van der Waals surface area contributed by atoms with Gasteiger partial charge in [0.25, 0.3) is 0 Å². The van der Waals surface area contributed by atoms with Crippen LogP contribution in [0.3, 0.4) is 0 Å². The molecule has 0 unspecified atom stereocenters. The number of carbonyl (C=O) groups excluding carboxylic acids is 3. The summed E-state index contributed by atoms with van der Waals surface area (Å²) in [6.45, 7) is 11.5. The Kier molecular flexibility index (Phi) is 4.52. The Bertz CT molecular complexity index is 625. The summed E-state index contributed by atoms with van der Waals surface area (Å²) < 4.78 is 17.0. The standard InChI is InChI=1S/C19H26O6/c1-6-23-13-8-14(21)19(5)16(13)9(2)7-12-15(10(3)18(22)25-12)17(19)24-11(4)20/h9,12-13,15-17H,3,6-8H2,1-2,4-5H3/t9-,12-,13-,15-,16-,17+,19-/m1/s1. The van der Waals surface area contributed by atoms with Gasteiger partial charge in [0.15, 0.2) is 0 Å². The zero-order valence-corrected chi connectivity index (χ0v) is 15.2. The van der Waals surface area contributed by atoms with Gasteiger partial charge in [0.2, 0.25) is 0 Å². The quantitative estimate of drug-likeness (QED) is 0.573. The van der Waals surface area contributed by atoms with Crippen LogP contribution in [0.1, 0.15) is 40.5 Å². The Labute approximate surface area is 147 Å². The maximum atomic E-state index is 13.1. The minimum Gasteiger partial charge on any atom is -0.461 e. The molecule has 3 aliphatic rings. The van der Waals surface area contributed by atoms with E-state index in [1.54, 1.807) is 0 Å². The van der Waals surface area contributed by atoms with Gasteiger partial charge < -0.3 is 14.2 Å². The molecular formula is C19H26O6. The lowest BCUT2D eigenvalue weighted by Gasteiger charge is -2.40. The van der Waals surface area contributed by atoms with Gasteiger partial charge in [-0.3, -0.25) is 9.59 Å². The van der Waals surface area contributed by atoms with E-state index < -0.39 is 35.5 Å². The average Bonchev–Trinajstić information content (AvgIpc) is 2.89. The van der Waals surface area contributed by atoms with Crippen LogP contribution >= 0.6 is 0 Å². The van der Waals surface area contributed by atoms with Crippen LogP contribution in [0.25, 0.3) is 0 Å². The summed E-state index contributed by atoms with van der Waals surface area (Å²) in [7, 11) is 0. The molecule has 0 aromatic rings. The number of hydrogen-bond acceptors (Lipinski definition) is 6. The first-order chi connectivity index (χ1) is 11.7. The van der Waals surface area contributed by atoms with Gasteiger partial charge in [0.05, 0.1) is 17.4 Å². The smallest absolute Gasteiger partial charge is 0.334 e. The molecule has 0 amide bonds. The lowest BCUT2D eigenvalue weighted by Crippen LogP contribution is -2.49. The largest absolute Gasteiger partial charge is 0.461 e. The highest BCUT2D eigenvalue weighted by molar-refractivity contribution is 5.93. The van der Waals surface area contributed by atoms with Gasteiger partial charge in [-0.25, -0.2) is 4.79 Å². The van der Waals surface area contributed by atoms with E-state index in [2.05, 4.69) is 13.5 Å². The predicted octanol–water partition coefficient (Wildman–Crippen LogP) is 2.06. The molecule has 0 radical (unpaired) electrons. The van der Waals surface area contributed by atoms with E-state index in [4.69, 9.17) is 14.2 Å². The van der Waals surface area contributed by atoms with Gasteiger partial charge in [-0.2, -0.15) is 0 Å². The summed E-state index contributed by atoms with van der Waals surface area (Å²) in [6, 6.07) is 0. The molecule has 0 spiro atoms. The van der Waals surface area contributed by atoms with Crippen molar-refractivity contribution in [2.24, 2.45) is 23.2 Å². The monoisotopic (exact) mass is 350 g/mol. The first kappa shape index (κ1) is 18.1. The number of esters is 2. The van der Waals surface area contributed by atoms with Crippen molar-refractivity contribution in [3.63, 3.8) is 0 Å². The van der Waals surface area contributed by atoms with E-state index >= 15 is 0 Å². The minimum atomic E-state index is -0.915. The molecule has 3 fully saturated rings. The van der Waals surface area contributed by atoms with Crippen LogP contribution in [0, 0.1) is 23.2 Å². The Hall–Kier alpha value is -1.69. The Morgan fingerprint density at radius 2 is 2.08 bits per heavy atom. The summed E-state index contributed by atoms with van der Waals surface area (Å²) >= 11 is 0. The molecule has 2 aliphatic carbocycles. The second-order valence-corrected chi connectivity index (χ2v) is 7.67. The first-order valence-corrected chi connectivity index (χ1v) is 8.93. The van der Waals surface area contributed by atoms with Crippen molar-refractivity contribution in [2.45, 2.75) is 58.8 Å². The summed E-state index contributed by atoms with van der Waals surface area (Å²) in [6.07, 6.45) is -0.489. The highest BCUT2D eigenvalue weighted by Crippen LogP contribution is 2.57. The molecule has 138 valence electrons.